The maximum atomic E-state index is 5.73. The SMILES string of the molecule is CCOC1CCN(C(=NC)NCc2cccc(-n3cccn3)c2)CC1. The van der Waals surface area contributed by atoms with Gasteiger partial charge in [-0.15, -0.1) is 0 Å². The van der Waals surface area contributed by atoms with Crippen molar-refractivity contribution in [1.29, 1.82) is 0 Å². The summed E-state index contributed by atoms with van der Waals surface area (Å²) in [4.78, 5) is 6.76. The van der Waals surface area contributed by atoms with Crippen LogP contribution in [0.2, 0.25) is 0 Å². The largest absolute Gasteiger partial charge is 0.378 e. The van der Waals surface area contributed by atoms with Gasteiger partial charge in [0, 0.05) is 45.7 Å². The van der Waals surface area contributed by atoms with Crippen LogP contribution in [0.1, 0.15) is 25.3 Å². The Morgan fingerprint density at radius 1 is 1.32 bits per heavy atom. The van der Waals surface area contributed by atoms with Crippen LogP contribution in [0.5, 0.6) is 0 Å². The third kappa shape index (κ3) is 4.60. The van der Waals surface area contributed by atoms with Gasteiger partial charge in [-0.3, -0.25) is 4.99 Å². The normalized spacial score (nSPS) is 16.2. The van der Waals surface area contributed by atoms with Crippen molar-refractivity contribution in [1.82, 2.24) is 20.0 Å². The fourth-order valence-corrected chi connectivity index (χ4v) is 3.21. The monoisotopic (exact) mass is 341 g/mol. The summed E-state index contributed by atoms with van der Waals surface area (Å²) < 4.78 is 7.60. The zero-order chi connectivity index (χ0) is 17.5. The summed E-state index contributed by atoms with van der Waals surface area (Å²) in [6.07, 6.45) is 6.25. The average molecular weight is 341 g/mol. The quantitative estimate of drug-likeness (QED) is 0.670. The maximum Gasteiger partial charge on any atom is 0.193 e. The van der Waals surface area contributed by atoms with E-state index in [-0.39, 0.29) is 0 Å². The maximum absolute atomic E-state index is 5.73. The third-order valence-corrected chi connectivity index (χ3v) is 4.49. The molecule has 134 valence electrons. The molecule has 0 radical (unpaired) electrons. The highest BCUT2D eigenvalue weighted by atomic mass is 16.5. The molecule has 1 N–H and O–H groups in total. The van der Waals surface area contributed by atoms with Crippen molar-refractivity contribution in [2.24, 2.45) is 4.99 Å². The van der Waals surface area contributed by atoms with Crippen molar-refractivity contribution in [3.8, 4) is 5.69 Å². The number of hydrogen-bond donors (Lipinski definition) is 1. The molecule has 0 spiro atoms. The van der Waals surface area contributed by atoms with Crippen LogP contribution in [-0.4, -0.2) is 53.5 Å². The predicted molar refractivity (Wildman–Crippen MR) is 100.0 cm³/mol. The van der Waals surface area contributed by atoms with Gasteiger partial charge in [0.25, 0.3) is 0 Å². The summed E-state index contributed by atoms with van der Waals surface area (Å²) in [6.45, 7) is 5.57. The van der Waals surface area contributed by atoms with Gasteiger partial charge in [-0.1, -0.05) is 12.1 Å². The number of benzene rings is 1. The minimum atomic E-state index is 0.394. The van der Waals surface area contributed by atoms with Gasteiger partial charge in [0.2, 0.25) is 0 Å². The molecule has 1 aromatic heterocycles. The van der Waals surface area contributed by atoms with E-state index in [2.05, 4.69) is 51.5 Å². The van der Waals surface area contributed by atoms with Gasteiger partial charge in [-0.2, -0.15) is 5.10 Å². The number of ether oxygens (including phenoxy) is 1. The molecule has 2 heterocycles. The molecule has 0 saturated carbocycles. The number of nitrogens with one attached hydrogen (secondary N) is 1. The van der Waals surface area contributed by atoms with E-state index in [1.807, 2.05) is 24.0 Å². The third-order valence-electron chi connectivity index (χ3n) is 4.49. The second-order valence-corrected chi connectivity index (χ2v) is 6.16. The first kappa shape index (κ1) is 17.5. The topological polar surface area (TPSA) is 54.7 Å². The summed E-state index contributed by atoms with van der Waals surface area (Å²) in [7, 11) is 1.84. The van der Waals surface area contributed by atoms with Crippen molar-refractivity contribution in [2.75, 3.05) is 26.7 Å². The van der Waals surface area contributed by atoms with Crippen LogP contribution in [0.4, 0.5) is 0 Å². The van der Waals surface area contributed by atoms with Crippen LogP contribution in [-0.2, 0) is 11.3 Å². The van der Waals surface area contributed by atoms with Gasteiger partial charge >= 0.3 is 0 Å². The van der Waals surface area contributed by atoms with Crippen molar-refractivity contribution in [2.45, 2.75) is 32.4 Å². The van der Waals surface area contributed by atoms with Crippen LogP contribution in [0.15, 0.2) is 47.7 Å². The first-order valence-corrected chi connectivity index (χ1v) is 8.96. The Morgan fingerprint density at radius 2 is 2.16 bits per heavy atom. The number of aromatic nitrogens is 2. The van der Waals surface area contributed by atoms with E-state index in [9.17, 15) is 0 Å². The van der Waals surface area contributed by atoms with Gasteiger partial charge < -0.3 is 15.0 Å². The first-order valence-electron chi connectivity index (χ1n) is 8.96. The highest BCUT2D eigenvalue weighted by Gasteiger charge is 2.21. The molecular weight excluding hydrogens is 314 g/mol. The lowest BCUT2D eigenvalue weighted by Crippen LogP contribution is -2.46. The molecule has 0 amide bonds. The Bertz CT molecular complexity index is 675. The van der Waals surface area contributed by atoms with E-state index in [1.165, 1.54) is 5.56 Å². The molecule has 6 nitrogen and oxygen atoms in total. The summed E-state index contributed by atoms with van der Waals surface area (Å²) in [5.41, 5.74) is 2.27. The van der Waals surface area contributed by atoms with Crippen molar-refractivity contribution in [3.05, 3.63) is 48.3 Å². The molecule has 1 aromatic carbocycles. The summed E-state index contributed by atoms with van der Waals surface area (Å²) >= 11 is 0. The number of rotatable bonds is 5. The average Bonchev–Trinajstić information content (AvgIpc) is 3.19. The predicted octanol–water partition coefficient (Wildman–Crippen LogP) is 2.45. The van der Waals surface area contributed by atoms with Crippen LogP contribution in [0, 0.1) is 0 Å². The Hall–Kier alpha value is -2.34. The number of hydrogen-bond acceptors (Lipinski definition) is 3. The van der Waals surface area contributed by atoms with Gasteiger partial charge in [0.05, 0.1) is 11.8 Å². The lowest BCUT2D eigenvalue weighted by Gasteiger charge is -2.34. The smallest absolute Gasteiger partial charge is 0.193 e. The van der Waals surface area contributed by atoms with E-state index in [0.717, 1.165) is 50.7 Å². The molecule has 25 heavy (non-hydrogen) atoms. The van der Waals surface area contributed by atoms with Gasteiger partial charge in [-0.25, -0.2) is 4.68 Å². The summed E-state index contributed by atoms with van der Waals surface area (Å²) in [5.74, 6) is 0.958. The van der Waals surface area contributed by atoms with Gasteiger partial charge in [0.15, 0.2) is 5.96 Å². The number of aliphatic imine (C=N–C) groups is 1. The van der Waals surface area contributed by atoms with E-state index < -0.39 is 0 Å². The molecule has 0 unspecified atom stereocenters. The van der Waals surface area contributed by atoms with E-state index in [4.69, 9.17) is 4.74 Å². The van der Waals surface area contributed by atoms with Crippen LogP contribution < -0.4 is 5.32 Å². The molecule has 3 rings (SSSR count). The molecule has 6 heteroatoms. The minimum absolute atomic E-state index is 0.394. The Morgan fingerprint density at radius 3 is 2.84 bits per heavy atom. The highest BCUT2D eigenvalue weighted by molar-refractivity contribution is 5.80. The molecule has 0 aliphatic carbocycles. The fraction of sp³-hybridized carbons (Fsp3) is 0.474. The Labute approximate surface area is 149 Å². The standard InChI is InChI=1S/C19H27N5O/c1-3-25-18-8-12-23(13-9-18)19(20-2)21-15-16-6-4-7-17(14-16)24-11-5-10-22-24/h4-7,10-11,14,18H,3,8-9,12-13,15H2,1-2H3,(H,20,21). The second-order valence-electron chi connectivity index (χ2n) is 6.16. The number of guanidine groups is 1. The Kier molecular flexibility index (Phi) is 6.06. The van der Waals surface area contributed by atoms with Gasteiger partial charge in [-0.05, 0) is 43.5 Å². The minimum Gasteiger partial charge on any atom is -0.378 e. The van der Waals surface area contributed by atoms with Crippen molar-refractivity contribution < 1.29 is 4.74 Å². The molecular formula is C19H27N5O. The van der Waals surface area contributed by atoms with Crippen molar-refractivity contribution in [3.63, 3.8) is 0 Å². The van der Waals surface area contributed by atoms with E-state index in [0.29, 0.717) is 6.10 Å². The molecule has 1 fully saturated rings. The molecule has 0 bridgehead atoms. The van der Waals surface area contributed by atoms with Gasteiger partial charge in [0.1, 0.15) is 0 Å². The summed E-state index contributed by atoms with van der Waals surface area (Å²) in [5, 5.41) is 7.77. The zero-order valence-electron chi connectivity index (χ0n) is 15.1. The highest BCUT2D eigenvalue weighted by Crippen LogP contribution is 2.14. The van der Waals surface area contributed by atoms with Crippen LogP contribution in [0.3, 0.4) is 0 Å². The number of piperidine rings is 1. The number of nitrogens with zero attached hydrogens (tertiary/aromatic N) is 4. The molecule has 1 aliphatic heterocycles. The second kappa shape index (κ2) is 8.67. The Balaban J connectivity index is 1.56. The van der Waals surface area contributed by atoms with Crippen LogP contribution in [0.25, 0.3) is 5.69 Å². The molecule has 1 saturated heterocycles. The zero-order valence-corrected chi connectivity index (χ0v) is 15.1. The van der Waals surface area contributed by atoms with E-state index >= 15 is 0 Å². The molecule has 1 aliphatic rings. The molecule has 2 aromatic rings. The molecule has 0 atom stereocenters. The lowest BCUT2D eigenvalue weighted by molar-refractivity contribution is 0.0263. The first-order chi connectivity index (χ1) is 12.3. The summed E-state index contributed by atoms with van der Waals surface area (Å²) in [6, 6.07) is 10.3. The lowest BCUT2D eigenvalue weighted by atomic mass is 10.1. The van der Waals surface area contributed by atoms with E-state index in [1.54, 1.807) is 6.20 Å². The number of likely N-dealkylation sites (tertiary alicyclic amines) is 1. The fourth-order valence-electron chi connectivity index (χ4n) is 3.21. The van der Waals surface area contributed by atoms with Crippen molar-refractivity contribution >= 4 is 5.96 Å². The van der Waals surface area contributed by atoms with Crippen LogP contribution >= 0.6 is 0 Å².